The van der Waals surface area contributed by atoms with Gasteiger partial charge >= 0.3 is 0 Å². The van der Waals surface area contributed by atoms with Crippen molar-refractivity contribution in [2.45, 2.75) is 58.2 Å². The van der Waals surface area contributed by atoms with Gasteiger partial charge < -0.3 is 5.73 Å². The van der Waals surface area contributed by atoms with E-state index in [-0.39, 0.29) is 12.4 Å². The van der Waals surface area contributed by atoms with E-state index in [1.165, 1.54) is 31.4 Å². The van der Waals surface area contributed by atoms with Crippen LogP contribution in [0.5, 0.6) is 0 Å². The molecule has 1 atom stereocenters. The predicted molar refractivity (Wildman–Crippen MR) is 81.5 cm³/mol. The van der Waals surface area contributed by atoms with Crippen LogP contribution in [0.25, 0.3) is 0 Å². The fourth-order valence-electron chi connectivity index (χ4n) is 2.86. The van der Waals surface area contributed by atoms with Gasteiger partial charge in [0.25, 0.3) is 0 Å². The zero-order valence-corrected chi connectivity index (χ0v) is 12.7. The Morgan fingerprint density at radius 2 is 2.26 bits per heavy atom. The van der Waals surface area contributed by atoms with Crippen LogP contribution in [0, 0.1) is 0 Å². The van der Waals surface area contributed by atoms with Gasteiger partial charge in [0, 0.05) is 30.9 Å². The molecular formula is C14H27ClN4. The second kappa shape index (κ2) is 8.56. The Hall–Kier alpha value is -0.580. The minimum absolute atomic E-state index is 0. The van der Waals surface area contributed by atoms with Crippen molar-refractivity contribution in [2.24, 2.45) is 5.73 Å². The van der Waals surface area contributed by atoms with E-state index in [1.54, 1.807) is 0 Å². The molecule has 0 bridgehead atoms. The Balaban J connectivity index is 0.00000180. The van der Waals surface area contributed by atoms with Crippen LogP contribution < -0.4 is 5.73 Å². The highest BCUT2D eigenvalue weighted by molar-refractivity contribution is 5.85. The van der Waals surface area contributed by atoms with Gasteiger partial charge in [0.05, 0.1) is 6.20 Å². The average Bonchev–Trinajstić information content (AvgIpc) is 2.80. The van der Waals surface area contributed by atoms with E-state index in [2.05, 4.69) is 27.8 Å². The third-order valence-corrected chi connectivity index (χ3v) is 3.77. The normalized spacial score (nSPS) is 20.2. The molecule has 0 radical (unpaired) electrons. The largest absolute Gasteiger partial charge is 0.330 e. The van der Waals surface area contributed by atoms with Gasteiger partial charge in [-0.3, -0.25) is 9.58 Å². The molecule has 1 aromatic rings. The van der Waals surface area contributed by atoms with Crippen LogP contribution >= 0.6 is 12.4 Å². The van der Waals surface area contributed by atoms with Crippen LogP contribution in [0.1, 0.15) is 44.6 Å². The van der Waals surface area contributed by atoms with Gasteiger partial charge in [-0.25, -0.2) is 0 Å². The molecule has 0 spiro atoms. The highest BCUT2D eigenvalue weighted by atomic mass is 35.5. The number of aryl methyl sites for hydroxylation is 1. The highest BCUT2D eigenvalue weighted by Crippen LogP contribution is 2.21. The Kier molecular flexibility index (Phi) is 7.42. The molecule has 1 aliphatic heterocycles. The quantitative estimate of drug-likeness (QED) is 0.874. The van der Waals surface area contributed by atoms with Crippen molar-refractivity contribution < 1.29 is 0 Å². The lowest BCUT2D eigenvalue weighted by atomic mass is 9.99. The maximum absolute atomic E-state index is 5.72. The van der Waals surface area contributed by atoms with Gasteiger partial charge in [-0.2, -0.15) is 5.10 Å². The molecule has 1 aliphatic rings. The first-order chi connectivity index (χ1) is 8.83. The molecule has 4 nitrogen and oxygen atoms in total. The summed E-state index contributed by atoms with van der Waals surface area (Å²) >= 11 is 0. The van der Waals surface area contributed by atoms with Crippen LogP contribution in [-0.4, -0.2) is 33.8 Å². The summed E-state index contributed by atoms with van der Waals surface area (Å²) in [6.45, 7) is 6.25. The molecule has 0 saturated carbocycles. The molecule has 1 fully saturated rings. The van der Waals surface area contributed by atoms with Gasteiger partial charge in [-0.05, 0) is 38.8 Å². The molecule has 2 N–H and O–H groups in total. The maximum Gasteiger partial charge on any atom is 0.0534 e. The molecule has 0 amide bonds. The molecule has 1 unspecified atom stereocenters. The van der Waals surface area contributed by atoms with Crippen LogP contribution in [0.15, 0.2) is 12.4 Å². The van der Waals surface area contributed by atoms with Crippen LogP contribution in [-0.2, 0) is 13.1 Å². The lowest BCUT2D eigenvalue weighted by Crippen LogP contribution is -2.40. The summed E-state index contributed by atoms with van der Waals surface area (Å²) in [4.78, 5) is 2.59. The van der Waals surface area contributed by atoms with Crippen molar-refractivity contribution in [1.29, 1.82) is 0 Å². The molecule has 110 valence electrons. The lowest BCUT2D eigenvalue weighted by molar-refractivity contribution is 0.134. The molecule has 5 heteroatoms. The Labute approximate surface area is 122 Å². The van der Waals surface area contributed by atoms with Crippen molar-refractivity contribution in [3.05, 3.63) is 18.0 Å². The van der Waals surface area contributed by atoms with Gasteiger partial charge in [0.2, 0.25) is 0 Å². The number of rotatable bonds is 6. The van der Waals surface area contributed by atoms with Crippen molar-refractivity contribution >= 4 is 12.4 Å². The molecule has 2 rings (SSSR count). The van der Waals surface area contributed by atoms with Crippen molar-refractivity contribution in [3.8, 4) is 0 Å². The first-order valence-corrected chi connectivity index (χ1v) is 7.29. The maximum atomic E-state index is 5.72. The highest BCUT2D eigenvalue weighted by Gasteiger charge is 2.21. The van der Waals surface area contributed by atoms with Crippen molar-refractivity contribution in [3.63, 3.8) is 0 Å². The Morgan fingerprint density at radius 3 is 3.00 bits per heavy atom. The summed E-state index contributed by atoms with van der Waals surface area (Å²) in [5.41, 5.74) is 7.06. The second-order valence-electron chi connectivity index (χ2n) is 5.31. The minimum Gasteiger partial charge on any atom is -0.330 e. The second-order valence-corrected chi connectivity index (χ2v) is 5.31. The van der Waals surface area contributed by atoms with Gasteiger partial charge in [0.1, 0.15) is 0 Å². The number of piperidine rings is 1. The van der Waals surface area contributed by atoms with E-state index in [1.807, 2.05) is 6.20 Å². The number of hydrogen-bond acceptors (Lipinski definition) is 3. The number of nitrogens with zero attached hydrogens (tertiary/aromatic N) is 3. The first kappa shape index (κ1) is 16.5. The van der Waals surface area contributed by atoms with E-state index in [0.29, 0.717) is 6.04 Å². The van der Waals surface area contributed by atoms with Crippen LogP contribution in [0.3, 0.4) is 0 Å². The zero-order chi connectivity index (χ0) is 12.8. The van der Waals surface area contributed by atoms with E-state index < -0.39 is 0 Å². The van der Waals surface area contributed by atoms with Gasteiger partial charge in [0.15, 0.2) is 0 Å². The summed E-state index contributed by atoms with van der Waals surface area (Å²) in [6.07, 6.45) is 10.5. The molecule has 0 aromatic carbocycles. The monoisotopic (exact) mass is 286 g/mol. The fourth-order valence-corrected chi connectivity index (χ4v) is 2.86. The van der Waals surface area contributed by atoms with E-state index in [0.717, 1.165) is 32.5 Å². The number of aromatic nitrogens is 2. The minimum atomic E-state index is 0. The summed E-state index contributed by atoms with van der Waals surface area (Å²) in [5, 5.41) is 4.41. The standard InChI is InChI=1S/C14H26N4.ClH/c1-2-8-18-12-13(10-16-18)11-17-9-4-3-5-14(17)6-7-15;/h10,12,14H,2-9,11,15H2,1H3;1H. The third kappa shape index (κ3) is 4.79. The van der Waals surface area contributed by atoms with Crippen LogP contribution in [0.4, 0.5) is 0 Å². The zero-order valence-electron chi connectivity index (χ0n) is 11.9. The number of likely N-dealkylation sites (tertiary alicyclic amines) is 1. The third-order valence-electron chi connectivity index (χ3n) is 3.77. The SMILES string of the molecule is CCCn1cc(CN2CCCCC2CCN)cn1.Cl. The summed E-state index contributed by atoms with van der Waals surface area (Å²) in [7, 11) is 0. The molecule has 1 aromatic heterocycles. The number of halogens is 1. The molecule has 2 heterocycles. The smallest absolute Gasteiger partial charge is 0.0534 e. The molecule has 19 heavy (non-hydrogen) atoms. The molecular weight excluding hydrogens is 260 g/mol. The van der Waals surface area contributed by atoms with Gasteiger partial charge in [-0.15, -0.1) is 12.4 Å². The lowest BCUT2D eigenvalue weighted by Gasteiger charge is -2.35. The number of nitrogens with two attached hydrogens (primary N) is 1. The fraction of sp³-hybridized carbons (Fsp3) is 0.786. The summed E-state index contributed by atoms with van der Waals surface area (Å²) < 4.78 is 2.05. The Morgan fingerprint density at radius 1 is 1.42 bits per heavy atom. The first-order valence-electron chi connectivity index (χ1n) is 7.29. The topological polar surface area (TPSA) is 47.1 Å². The van der Waals surface area contributed by atoms with E-state index in [9.17, 15) is 0 Å². The summed E-state index contributed by atoms with van der Waals surface area (Å²) in [6, 6.07) is 0.679. The van der Waals surface area contributed by atoms with Crippen molar-refractivity contribution in [2.75, 3.05) is 13.1 Å². The Bertz CT molecular complexity index is 351. The summed E-state index contributed by atoms with van der Waals surface area (Å²) in [5.74, 6) is 0. The van der Waals surface area contributed by atoms with E-state index in [4.69, 9.17) is 5.73 Å². The number of hydrogen-bond donors (Lipinski definition) is 1. The van der Waals surface area contributed by atoms with E-state index >= 15 is 0 Å². The van der Waals surface area contributed by atoms with Crippen molar-refractivity contribution in [1.82, 2.24) is 14.7 Å². The average molecular weight is 287 g/mol. The van der Waals surface area contributed by atoms with Crippen LogP contribution in [0.2, 0.25) is 0 Å². The predicted octanol–water partition coefficient (Wildman–Crippen LogP) is 2.42. The molecule has 0 aliphatic carbocycles. The molecule has 1 saturated heterocycles. The van der Waals surface area contributed by atoms with Gasteiger partial charge in [-0.1, -0.05) is 13.3 Å².